The highest BCUT2D eigenvalue weighted by atomic mass is 16.6. The van der Waals surface area contributed by atoms with Gasteiger partial charge in [0.25, 0.3) is 5.89 Å². The maximum atomic E-state index is 11.9. The zero-order chi connectivity index (χ0) is 17.1. The van der Waals surface area contributed by atoms with Crippen molar-refractivity contribution in [3.8, 4) is 11.4 Å². The number of hydrogen-bond donors (Lipinski definition) is 0. The molecule has 0 spiro atoms. The van der Waals surface area contributed by atoms with Crippen LogP contribution >= 0.6 is 0 Å². The molecule has 0 radical (unpaired) electrons. The van der Waals surface area contributed by atoms with Crippen molar-refractivity contribution in [3.63, 3.8) is 0 Å². The minimum atomic E-state index is -0.403. The van der Waals surface area contributed by atoms with E-state index in [1.807, 2.05) is 31.2 Å². The summed E-state index contributed by atoms with van der Waals surface area (Å²) in [6.45, 7) is 5.44. The number of carbonyl (C=O) groups is 1. The van der Waals surface area contributed by atoms with Gasteiger partial charge in [0, 0.05) is 11.1 Å². The molecule has 0 aliphatic carbocycles. The van der Waals surface area contributed by atoms with Crippen molar-refractivity contribution in [1.82, 2.24) is 15.3 Å². The standard InChI is InChI=1S/C17H17N3O4/c1-10-6-4-5-7-13(10)17-18-15(24-20-17)9-22-16(21)8-14-11(2)19-23-12(14)3/h4-7H,8-9H2,1-3H3. The molecule has 0 unspecified atom stereocenters. The molecule has 2 heterocycles. The van der Waals surface area contributed by atoms with E-state index in [4.69, 9.17) is 13.8 Å². The second kappa shape index (κ2) is 6.66. The quantitative estimate of drug-likeness (QED) is 0.665. The maximum Gasteiger partial charge on any atom is 0.310 e. The van der Waals surface area contributed by atoms with Crippen LogP contribution in [0.2, 0.25) is 0 Å². The Morgan fingerprint density at radius 2 is 1.92 bits per heavy atom. The van der Waals surface area contributed by atoms with Gasteiger partial charge in [0.1, 0.15) is 5.76 Å². The summed E-state index contributed by atoms with van der Waals surface area (Å²) in [5, 5.41) is 7.74. The number of benzene rings is 1. The van der Waals surface area contributed by atoms with Crippen LogP contribution in [0.4, 0.5) is 0 Å². The van der Waals surface area contributed by atoms with Crippen molar-refractivity contribution in [2.24, 2.45) is 0 Å². The summed E-state index contributed by atoms with van der Waals surface area (Å²) in [7, 11) is 0. The van der Waals surface area contributed by atoms with Crippen LogP contribution in [-0.4, -0.2) is 21.3 Å². The van der Waals surface area contributed by atoms with Gasteiger partial charge in [0.05, 0.1) is 12.1 Å². The van der Waals surface area contributed by atoms with E-state index < -0.39 is 5.97 Å². The Balaban J connectivity index is 1.62. The Kier molecular flexibility index (Phi) is 4.41. The highest BCUT2D eigenvalue weighted by molar-refractivity contribution is 5.73. The smallest absolute Gasteiger partial charge is 0.310 e. The Bertz CT molecular complexity index is 847. The second-order valence-electron chi connectivity index (χ2n) is 5.47. The highest BCUT2D eigenvalue weighted by Crippen LogP contribution is 2.20. The van der Waals surface area contributed by atoms with Gasteiger partial charge in [-0.05, 0) is 26.3 Å². The van der Waals surface area contributed by atoms with Gasteiger partial charge >= 0.3 is 5.97 Å². The van der Waals surface area contributed by atoms with E-state index in [0.29, 0.717) is 17.3 Å². The van der Waals surface area contributed by atoms with Gasteiger partial charge in [0.15, 0.2) is 6.61 Å². The average Bonchev–Trinajstić information content (AvgIpc) is 3.15. The first kappa shape index (κ1) is 15.9. The van der Waals surface area contributed by atoms with E-state index in [1.165, 1.54) is 0 Å². The van der Waals surface area contributed by atoms with E-state index >= 15 is 0 Å². The van der Waals surface area contributed by atoms with Gasteiger partial charge < -0.3 is 13.8 Å². The topological polar surface area (TPSA) is 91.2 Å². The summed E-state index contributed by atoms with van der Waals surface area (Å²) in [5.41, 5.74) is 3.35. The summed E-state index contributed by atoms with van der Waals surface area (Å²) in [6.07, 6.45) is 0.0972. The predicted molar refractivity (Wildman–Crippen MR) is 83.9 cm³/mol. The van der Waals surface area contributed by atoms with Crippen LogP contribution in [0.25, 0.3) is 11.4 Å². The van der Waals surface area contributed by atoms with Crippen LogP contribution in [0.5, 0.6) is 0 Å². The van der Waals surface area contributed by atoms with Crippen LogP contribution < -0.4 is 0 Å². The van der Waals surface area contributed by atoms with Gasteiger partial charge in [-0.3, -0.25) is 4.79 Å². The summed E-state index contributed by atoms with van der Waals surface area (Å²) >= 11 is 0. The van der Waals surface area contributed by atoms with Crippen LogP contribution in [0.15, 0.2) is 33.3 Å². The number of rotatable bonds is 5. The molecule has 0 bridgehead atoms. The highest BCUT2D eigenvalue weighted by Gasteiger charge is 2.16. The van der Waals surface area contributed by atoms with E-state index in [-0.39, 0.29) is 18.9 Å². The molecule has 3 aromatic rings. The largest absolute Gasteiger partial charge is 0.455 e. The average molecular weight is 327 g/mol. The third-order valence-electron chi connectivity index (χ3n) is 3.71. The Morgan fingerprint density at radius 3 is 2.62 bits per heavy atom. The van der Waals surface area contributed by atoms with E-state index in [9.17, 15) is 4.79 Å². The third-order valence-corrected chi connectivity index (χ3v) is 3.71. The van der Waals surface area contributed by atoms with Crippen molar-refractivity contribution in [2.75, 3.05) is 0 Å². The Hall–Kier alpha value is -2.96. The number of ether oxygens (including phenoxy) is 1. The van der Waals surface area contributed by atoms with Gasteiger partial charge in [-0.1, -0.05) is 34.6 Å². The minimum absolute atomic E-state index is 0.0684. The van der Waals surface area contributed by atoms with E-state index in [2.05, 4.69) is 15.3 Å². The number of aryl methyl sites for hydroxylation is 3. The van der Waals surface area contributed by atoms with Gasteiger partial charge in [-0.2, -0.15) is 4.98 Å². The summed E-state index contributed by atoms with van der Waals surface area (Å²) in [4.78, 5) is 16.2. The number of esters is 1. The molecule has 0 fully saturated rings. The lowest BCUT2D eigenvalue weighted by Gasteiger charge is -2.01. The normalized spacial score (nSPS) is 10.8. The molecule has 7 heteroatoms. The van der Waals surface area contributed by atoms with Crippen LogP contribution in [0, 0.1) is 20.8 Å². The lowest BCUT2D eigenvalue weighted by atomic mass is 10.1. The lowest BCUT2D eigenvalue weighted by molar-refractivity contribution is -0.144. The number of carbonyl (C=O) groups excluding carboxylic acids is 1. The monoisotopic (exact) mass is 327 g/mol. The molecule has 0 aliphatic rings. The molecule has 0 N–H and O–H groups in total. The summed E-state index contributed by atoms with van der Waals surface area (Å²) < 4.78 is 15.3. The van der Waals surface area contributed by atoms with Gasteiger partial charge in [-0.25, -0.2) is 0 Å². The predicted octanol–water partition coefficient (Wildman–Crippen LogP) is 2.94. The zero-order valence-corrected chi connectivity index (χ0v) is 13.7. The Labute approximate surface area is 138 Å². The van der Waals surface area contributed by atoms with Crippen LogP contribution in [0.3, 0.4) is 0 Å². The first-order valence-corrected chi connectivity index (χ1v) is 7.50. The fraction of sp³-hybridized carbons (Fsp3) is 0.294. The SMILES string of the molecule is Cc1ccccc1-c1noc(COC(=O)Cc2c(C)noc2C)n1. The van der Waals surface area contributed by atoms with Crippen LogP contribution in [0.1, 0.15) is 28.5 Å². The molecule has 3 rings (SSSR count). The molecular formula is C17H17N3O4. The fourth-order valence-electron chi connectivity index (χ4n) is 2.34. The fourth-order valence-corrected chi connectivity index (χ4v) is 2.34. The molecule has 24 heavy (non-hydrogen) atoms. The van der Waals surface area contributed by atoms with Crippen molar-refractivity contribution in [1.29, 1.82) is 0 Å². The molecule has 0 saturated carbocycles. The molecule has 2 aromatic heterocycles. The molecule has 124 valence electrons. The minimum Gasteiger partial charge on any atom is -0.455 e. The van der Waals surface area contributed by atoms with E-state index in [1.54, 1.807) is 13.8 Å². The summed E-state index contributed by atoms with van der Waals surface area (Å²) in [5.74, 6) is 0.939. The zero-order valence-electron chi connectivity index (χ0n) is 13.7. The first-order chi connectivity index (χ1) is 11.5. The Morgan fingerprint density at radius 1 is 1.12 bits per heavy atom. The van der Waals surface area contributed by atoms with Crippen molar-refractivity contribution in [2.45, 2.75) is 33.8 Å². The van der Waals surface area contributed by atoms with Crippen molar-refractivity contribution < 1.29 is 18.6 Å². The second-order valence-corrected chi connectivity index (χ2v) is 5.47. The molecule has 0 atom stereocenters. The number of hydrogen-bond acceptors (Lipinski definition) is 7. The molecular weight excluding hydrogens is 310 g/mol. The third kappa shape index (κ3) is 3.34. The van der Waals surface area contributed by atoms with Gasteiger partial charge in [-0.15, -0.1) is 0 Å². The molecule has 7 nitrogen and oxygen atoms in total. The maximum absolute atomic E-state index is 11.9. The van der Waals surface area contributed by atoms with Crippen LogP contribution in [-0.2, 0) is 22.6 Å². The lowest BCUT2D eigenvalue weighted by Crippen LogP contribution is -2.09. The number of aromatic nitrogens is 3. The van der Waals surface area contributed by atoms with Crippen molar-refractivity contribution >= 4 is 5.97 Å². The number of nitrogens with zero attached hydrogens (tertiary/aromatic N) is 3. The van der Waals surface area contributed by atoms with E-state index in [0.717, 1.165) is 16.7 Å². The molecule has 0 aliphatic heterocycles. The first-order valence-electron chi connectivity index (χ1n) is 7.50. The van der Waals surface area contributed by atoms with Crippen molar-refractivity contribution in [3.05, 3.63) is 52.7 Å². The molecule has 0 saturated heterocycles. The molecule has 0 amide bonds. The summed E-state index contributed by atoms with van der Waals surface area (Å²) in [6, 6.07) is 7.72. The van der Waals surface area contributed by atoms with Gasteiger partial charge in [0.2, 0.25) is 5.82 Å². The molecule has 1 aromatic carbocycles.